The van der Waals surface area contributed by atoms with Gasteiger partial charge in [0.2, 0.25) is 0 Å². The Morgan fingerprint density at radius 1 is 1.04 bits per heavy atom. The van der Waals surface area contributed by atoms with E-state index in [0.29, 0.717) is 12.2 Å². The Labute approximate surface area is 168 Å². The zero-order valence-electron chi connectivity index (χ0n) is 16.4. The molecule has 0 aliphatic rings. The van der Waals surface area contributed by atoms with Crippen molar-refractivity contribution in [2.45, 2.75) is 27.3 Å². The zero-order chi connectivity index (χ0) is 19.8. The van der Waals surface area contributed by atoms with E-state index in [-0.39, 0.29) is 5.91 Å². The highest BCUT2D eigenvalue weighted by atomic mass is 32.1. The van der Waals surface area contributed by atoms with Crippen LogP contribution in [0.2, 0.25) is 0 Å². The topological polar surface area (TPSA) is 50.5 Å². The summed E-state index contributed by atoms with van der Waals surface area (Å²) in [7, 11) is 1.81. The first-order valence-electron chi connectivity index (χ1n) is 9.14. The van der Waals surface area contributed by atoms with Crippen molar-refractivity contribution in [3.8, 4) is 11.3 Å². The molecule has 0 aliphatic carbocycles. The lowest BCUT2D eigenvalue weighted by atomic mass is 10.1. The van der Waals surface area contributed by atoms with Crippen LogP contribution in [0.5, 0.6) is 0 Å². The SMILES string of the molecule is Cc1ccc(-c2nc3ccc(C)cn3c2CN(C)C(=O)c2csc(C)n2)cc1. The highest BCUT2D eigenvalue weighted by Gasteiger charge is 2.20. The third-order valence-electron chi connectivity index (χ3n) is 4.76. The minimum atomic E-state index is -0.0817. The molecule has 0 unspecified atom stereocenters. The van der Waals surface area contributed by atoms with Crippen LogP contribution in [0, 0.1) is 20.8 Å². The number of hydrogen-bond acceptors (Lipinski definition) is 4. The molecule has 0 saturated carbocycles. The Morgan fingerprint density at radius 3 is 2.43 bits per heavy atom. The first-order valence-corrected chi connectivity index (χ1v) is 10.0. The first-order chi connectivity index (χ1) is 13.4. The van der Waals surface area contributed by atoms with Crippen LogP contribution in [0.15, 0.2) is 48.0 Å². The second-order valence-corrected chi connectivity index (χ2v) is 8.18. The third-order valence-corrected chi connectivity index (χ3v) is 5.54. The van der Waals surface area contributed by atoms with Crippen LogP contribution in [-0.2, 0) is 6.54 Å². The molecule has 3 aromatic heterocycles. The van der Waals surface area contributed by atoms with E-state index in [0.717, 1.165) is 33.2 Å². The number of amides is 1. The molecule has 142 valence electrons. The number of thiazole rings is 1. The molecule has 28 heavy (non-hydrogen) atoms. The van der Waals surface area contributed by atoms with Crippen molar-refractivity contribution in [2.75, 3.05) is 7.05 Å². The largest absolute Gasteiger partial charge is 0.334 e. The fourth-order valence-corrected chi connectivity index (χ4v) is 3.83. The average Bonchev–Trinajstić information content (AvgIpc) is 3.26. The third kappa shape index (κ3) is 3.43. The van der Waals surface area contributed by atoms with Gasteiger partial charge in [-0.25, -0.2) is 9.97 Å². The van der Waals surface area contributed by atoms with E-state index in [2.05, 4.69) is 59.8 Å². The number of aryl methyl sites for hydroxylation is 3. The first kappa shape index (κ1) is 18.4. The van der Waals surface area contributed by atoms with Gasteiger partial charge in [0, 0.05) is 24.2 Å². The van der Waals surface area contributed by atoms with Crippen LogP contribution < -0.4 is 0 Å². The maximum atomic E-state index is 12.8. The van der Waals surface area contributed by atoms with Gasteiger partial charge in [-0.15, -0.1) is 11.3 Å². The number of pyridine rings is 1. The summed E-state index contributed by atoms with van der Waals surface area (Å²) >= 11 is 1.49. The molecule has 0 aliphatic heterocycles. The predicted molar refractivity (Wildman–Crippen MR) is 113 cm³/mol. The normalized spacial score (nSPS) is 11.1. The van der Waals surface area contributed by atoms with E-state index in [1.54, 1.807) is 4.90 Å². The summed E-state index contributed by atoms with van der Waals surface area (Å²) < 4.78 is 2.08. The van der Waals surface area contributed by atoms with Crippen LogP contribution in [0.3, 0.4) is 0 Å². The average molecular weight is 391 g/mol. The fraction of sp³-hybridized carbons (Fsp3) is 0.227. The van der Waals surface area contributed by atoms with Crippen molar-refractivity contribution in [2.24, 2.45) is 0 Å². The highest BCUT2D eigenvalue weighted by molar-refractivity contribution is 7.09. The maximum absolute atomic E-state index is 12.8. The summed E-state index contributed by atoms with van der Waals surface area (Å²) in [6.45, 7) is 6.48. The minimum absolute atomic E-state index is 0.0817. The summed E-state index contributed by atoms with van der Waals surface area (Å²) in [4.78, 5) is 23.7. The van der Waals surface area contributed by atoms with E-state index < -0.39 is 0 Å². The Kier molecular flexibility index (Phi) is 4.73. The smallest absolute Gasteiger partial charge is 0.273 e. The monoisotopic (exact) mass is 390 g/mol. The van der Waals surface area contributed by atoms with Gasteiger partial charge < -0.3 is 9.30 Å². The van der Waals surface area contributed by atoms with Gasteiger partial charge in [0.05, 0.1) is 22.9 Å². The summed E-state index contributed by atoms with van der Waals surface area (Å²) in [6.07, 6.45) is 2.07. The second kappa shape index (κ2) is 7.20. The lowest BCUT2D eigenvalue weighted by Crippen LogP contribution is -2.27. The fourth-order valence-electron chi connectivity index (χ4n) is 3.25. The number of rotatable bonds is 4. The Bertz CT molecular complexity index is 1160. The number of nitrogens with zero attached hydrogens (tertiary/aromatic N) is 4. The van der Waals surface area contributed by atoms with Crippen molar-refractivity contribution in [3.63, 3.8) is 0 Å². The molecule has 3 heterocycles. The van der Waals surface area contributed by atoms with E-state index in [4.69, 9.17) is 4.98 Å². The van der Waals surface area contributed by atoms with Gasteiger partial charge in [-0.05, 0) is 32.4 Å². The lowest BCUT2D eigenvalue weighted by molar-refractivity contribution is 0.0778. The molecule has 1 aromatic carbocycles. The van der Waals surface area contributed by atoms with Gasteiger partial charge in [-0.3, -0.25) is 4.79 Å². The van der Waals surface area contributed by atoms with Gasteiger partial charge in [0.25, 0.3) is 5.91 Å². The quantitative estimate of drug-likeness (QED) is 0.509. The predicted octanol–water partition coefficient (Wildman–Crippen LogP) is 4.66. The molecule has 0 atom stereocenters. The number of fused-ring (bicyclic) bond motifs is 1. The van der Waals surface area contributed by atoms with Crippen LogP contribution in [0.4, 0.5) is 0 Å². The van der Waals surface area contributed by atoms with Crippen molar-refractivity contribution < 1.29 is 4.79 Å². The van der Waals surface area contributed by atoms with Crippen LogP contribution in [0.1, 0.15) is 32.3 Å². The number of benzene rings is 1. The molecule has 0 bridgehead atoms. The lowest BCUT2D eigenvalue weighted by Gasteiger charge is -2.17. The molecular weight excluding hydrogens is 368 g/mol. The molecule has 6 heteroatoms. The molecule has 4 aromatic rings. The van der Waals surface area contributed by atoms with Crippen molar-refractivity contribution in [1.29, 1.82) is 0 Å². The summed E-state index contributed by atoms with van der Waals surface area (Å²) in [5.41, 5.74) is 6.66. The number of imidazole rings is 1. The molecule has 0 saturated heterocycles. The molecular formula is C22H22N4OS. The summed E-state index contributed by atoms with van der Waals surface area (Å²) in [6, 6.07) is 12.4. The van der Waals surface area contributed by atoms with E-state index in [1.165, 1.54) is 16.9 Å². The second-order valence-electron chi connectivity index (χ2n) is 7.12. The molecule has 1 amide bonds. The summed E-state index contributed by atoms with van der Waals surface area (Å²) in [5, 5.41) is 2.70. The Morgan fingerprint density at radius 2 is 1.75 bits per heavy atom. The molecule has 0 N–H and O–H groups in total. The van der Waals surface area contributed by atoms with Gasteiger partial charge >= 0.3 is 0 Å². The molecule has 4 rings (SSSR count). The van der Waals surface area contributed by atoms with E-state index >= 15 is 0 Å². The maximum Gasteiger partial charge on any atom is 0.273 e. The Hall–Kier alpha value is -2.99. The van der Waals surface area contributed by atoms with Crippen LogP contribution >= 0.6 is 11.3 Å². The molecule has 0 radical (unpaired) electrons. The zero-order valence-corrected chi connectivity index (χ0v) is 17.2. The standard InChI is InChI=1S/C22H22N4OS/c1-14-5-8-17(9-6-14)21-19(26-11-15(2)7-10-20(26)24-21)12-25(4)22(27)18-13-28-16(3)23-18/h5-11,13H,12H2,1-4H3. The number of hydrogen-bond donors (Lipinski definition) is 0. The minimum Gasteiger partial charge on any atom is -0.334 e. The highest BCUT2D eigenvalue weighted by Crippen LogP contribution is 2.27. The van der Waals surface area contributed by atoms with Crippen LogP contribution in [0.25, 0.3) is 16.9 Å². The van der Waals surface area contributed by atoms with Crippen molar-refractivity contribution in [3.05, 3.63) is 75.5 Å². The number of carbonyl (C=O) groups excluding carboxylic acids is 1. The summed E-state index contributed by atoms with van der Waals surface area (Å²) in [5.74, 6) is -0.0817. The van der Waals surface area contributed by atoms with Crippen LogP contribution in [-0.4, -0.2) is 32.2 Å². The number of carbonyl (C=O) groups is 1. The van der Waals surface area contributed by atoms with E-state index in [9.17, 15) is 4.79 Å². The van der Waals surface area contributed by atoms with E-state index in [1.807, 2.05) is 25.4 Å². The van der Waals surface area contributed by atoms with Gasteiger partial charge in [0.15, 0.2) is 0 Å². The van der Waals surface area contributed by atoms with Crippen molar-refractivity contribution in [1.82, 2.24) is 19.3 Å². The molecule has 0 spiro atoms. The van der Waals surface area contributed by atoms with Gasteiger partial charge in [-0.1, -0.05) is 35.9 Å². The van der Waals surface area contributed by atoms with Gasteiger partial charge in [-0.2, -0.15) is 0 Å². The molecule has 0 fully saturated rings. The van der Waals surface area contributed by atoms with Crippen molar-refractivity contribution >= 4 is 22.9 Å². The molecule has 5 nitrogen and oxygen atoms in total. The van der Waals surface area contributed by atoms with Gasteiger partial charge in [0.1, 0.15) is 11.3 Å². The number of aromatic nitrogens is 3. The Balaban J connectivity index is 1.77.